The van der Waals surface area contributed by atoms with Crippen LogP contribution in [0.3, 0.4) is 0 Å². The summed E-state index contributed by atoms with van der Waals surface area (Å²) in [6.07, 6.45) is 8.15. The number of carbonyl (C=O) groups excluding carboxylic acids is 2. The maximum Gasteiger partial charge on any atom is 0.254 e. The van der Waals surface area contributed by atoms with Crippen LogP contribution >= 0.6 is 0 Å². The van der Waals surface area contributed by atoms with Crippen LogP contribution < -0.4 is 5.32 Å². The Morgan fingerprint density at radius 3 is 2.48 bits per heavy atom. The molecule has 0 saturated heterocycles. The largest absolute Gasteiger partial charge is 0.363 e. The minimum Gasteiger partial charge on any atom is -0.363 e. The minimum atomic E-state index is -0.288. The Morgan fingerprint density at radius 1 is 1.10 bits per heavy atom. The number of rotatable bonds is 12. The second kappa shape index (κ2) is 12.0. The van der Waals surface area contributed by atoms with Crippen molar-refractivity contribution in [3.63, 3.8) is 0 Å². The van der Waals surface area contributed by atoms with Gasteiger partial charge in [0.25, 0.3) is 5.91 Å². The molecule has 0 atom stereocenters. The molecule has 0 spiro atoms. The number of aryl methyl sites for hydroxylation is 1. The molecule has 0 fully saturated rings. The third-order valence-electron chi connectivity index (χ3n) is 4.82. The summed E-state index contributed by atoms with van der Waals surface area (Å²) in [5.41, 5.74) is 1.86. The van der Waals surface area contributed by atoms with Gasteiger partial charge >= 0.3 is 0 Å². The van der Waals surface area contributed by atoms with Crippen LogP contribution in [-0.4, -0.2) is 35.0 Å². The molecule has 0 radical (unpaired) electrons. The monoisotopic (exact) mass is 399 g/mol. The van der Waals surface area contributed by atoms with Crippen molar-refractivity contribution in [1.29, 1.82) is 0 Å². The van der Waals surface area contributed by atoms with Gasteiger partial charge in [-0.3, -0.25) is 9.59 Å². The van der Waals surface area contributed by atoms with Gasteiger partial charge in [-0.15, -0.1) is 0 Å². The molecule has 0 aliphatic carbocycles. The van der Waals surface area contributed by atoms with Gasteiger partial charge in [0.05, 0.1) is 0 Å². The number of nitrogens with zero attached hydrogens (tertiary/aromatic N) is 2. The molecular weight excluding hydrogens is 366 g/mol. The summed E-state index contributed by atoms with van der Waals surface area (Å²) >= 11 is 0. The maximum absolute atomic E-state index is 13.0. The summed E-state index contributed by atoms with van der Waals surface area (Å²) in [6.45, 7) is 6.92. The van der Waals surface area contributed by atoms with Crippen molar-refractivity contribution in [3.8, 4) is 0 Å². The van der Waals surface area contributed by atoms with Gasteiger partial charge < -0.3 is 14.7 Å². The lowest BCUT2D eigenvalue weighted by Crippen LogP contribution is -2.39. The summed E-state index contributed by atoms with van der Waals surface area (Å²) in [5.74, 6) is 0.370. The molecule has 1 aromatic heterocycles. The van der Waals surface area contributed by atoms with E-state index in [1.165, 1.54) is 37.5 Å². The third kappa shape index (κ3) is 8.10. The zero-order valence-electron chi connectivity index (χ0n) is 17.8. The number of nitrogens with one attached hydrogen (secondary N) is 1. The number of amides is 2. The molecule has 6 heteroatoms. The Bertz CT molecular complexity index is 739. The molecule has 29 heavy (non-hydrogen) atoms. The molecule has 158 valence electrons. The highest BCUT2D eigenvalue weighted by molar-refractivity contribution is 5.99. The van der Waals surface area contributed by atoms with Crippen molar-refractivity contribution in [1.82, 2.24) is 10.1 Å². The molecule has 0 aliphatic heterocycles. The van der Waals surface area contributed by atoms with Crippen LogP contribution in [0.4, 0.5) is 5.82 Å². The molecule has 1 heterocycles. The van der Waals surface area contributed by atoms with E-state index in [9.17, 15) is 9.59 Å². The number of hydrogen-bond acceptors (Lipinski definition) is 4. The minimum absolute atomic E-state index is 0.0167. The van der Waals surface area contributed by atoms with Crippen molar-refractivity contribution in [2.45, 2.75) is 59.3 Å². The van der Waals surface area contributed by atoms with E-state index >= 15 is 0 Å². The highest BCUT2D eigenvalue weighted by Gasteiger charge is 2.19. The summed E-state index contributed by atoms with van der Waals surface area (Å²) in [5, 5.41) is 6.33. The predicted octanol–water partition coefficient (Wildman–Crippen LogP) is 4.92. The quantitative estimate of drug-likeness (QED) is 0.514. The maximum atomic E-state index is 13.0. The van der Waals surface area contributed by atoms with E-state index in [0.29, 0.717) is 23.8 Å². The first-order chi connectivity index (χ1) is 14.0. The molecule has 0 saturated carbocycles. The van der Waals surface area contributed by atoms with Crippen molar-refractivity contribution in [2.24, 2.45) is 5.92 Å². The summed E-state index contributed by atoms with van der Waals surface area (Å²) in [6, 6.07) is 9.35. The third-order valence-corrected chi connectivity index (χ3v) is 4.82. The van der Waals surface area contributed by atoms with Crippen molar-refractivity contribution in [2.75, 3.05) is 18.4 Å². The van der Waals surface area contributed by atoms with Crippen LogP contribution in [0.15, 0.2) is 41.1 Å². The van der Waals surface area contributed by atoms with Crippen molar-refractivity contribution in [3.05, 3.63) is 47.7 Å². The van der Waals surface area contributed by atoms with Gasteiger partial charge in [0.1, 0.15) is 12.8 Å². The van der Waals surface area contributed by atoms with Gasteiger partial charge in [0.2, 0.25) is 5.91 Å². The van der Waals surface area contributed by atoms with Crippen LogP contribution in [0.25, 0.3) is 0 Å². The summed E-state index contributed by atoms with van der Waals surface area (Å²) in [4.78, 5) is 27.0. The van der Waals surface area contributed by atoms with Gasteiger partial charge in [-0.1, -0.05) is 57.3 Å². The van der Waals surface area contributed by atoms with Gasteiger partial charge in [0, 0.05) is 18.2 Å². The molecule has 2 rings (SSSR count). The fourth-order valence-corrected chi connectivity index (χ4v) is 3.05. The molecule has 0 aliphatic rings. The van der Waals surface area contributed by atoms with Gasteiger partial charge in [-0.25, -0.2) is 0 Å². The van der Waals surface area contributed by atoms with Crippen LogP contribution in [0.5, 0.6) is 0 Å². The van der Waals surface area contributed by atoms with E-state index in [4.69, 9.17) is 4.52 Å². The fraction of sp³-hybridized carbons (Fsp3) is 0.522. The van der Waals surface area contributed by atoms with E-state index in [1.54, 1.807) is 11.0 Å². The van der Waals surface area contributed by atoms with E-state index in [-0.39, 0.29) is 18.4 Å². The highest BCUT2D eigenvalue weighted by Crippen LogP contribution is 2.13. The van der Waals surface area contributed by atoms with E-state index in [1.807, 2.05) is 24.3 Å². The van der Waals surface area contributed by atoms with Gasteiger partial charge in [-0.2, -0.15) is 0 Å². The van der Waals surface area contributed by atoms with Crippen LogP contribution in [-0.2, 0) is 11.2 Å². The Balaban J connectivity index is 1.98. The number of hydrogen-bond donors (Lipinski definition) is 1. The number of unbranched alkanes of at least 4 members (excludes halogenated alkanes) is 3. The Hall–Kier alpha value is -2.63. The first kappa shape index (κ1) is 22.7. The standard InChI is InChI=1S/C23H33N3O3/c1-4-5-6-7-8-19-9-11-20(12-10-19)23(28)26(15-13-18(2)3)17-22(27)24-21-14-16-29-25-21/h9-12,14,16,18H,4-8,13,15,17H2,1-3H3,(H,24,25,27). The average Bonchev–Trinajstić information content (AvgIpc) is 3.21. The molecule has 0 bridgehead atoms. The first-order valence-corrected chi connectivity index (χ1v) is 10.6. The smallest absolute Gasteiger partial charge is 0.254 e. The van der Waals surface area contributed by atoms with E-state index in [2.05, 4.69) is 31.2 Å². The Labute approximate surface area is 173 Å². The average molecular weight is 400 g/mol. The number of benzene rings is 1. The van der Waals surface area contributed by atoms with Crippen molar-refractivity contribution < 1.29 is 14.1 Å². The lowest BCUT2D eigenvalue weighted by atomic mass is 10.0. The Morgan fingerprint density at radius 2 is 1.86 bits per heavy atom. The predicted molar refractivity (Wildman–Crippen MR) is 115 cm³/mol. The van der Waals surface area contributed by atoms with Crippen LogP contribution in [0, 0.1) is 5.92 Å². The van der Waals surface area contributed by atoms with E-state index in [0.717, 1.165) is 12.8 Å². The number of anilines is 1. The SMILES string of the molecule is CCCCCCc1ccc(C(=O)N(CCC(C)C)CC(=O)Nc2ccon2)cc1. The molecule has 1 N–H and O–H groups in total. The van der Waals surface area contributed by atoms with Gasteiger partial charge in [0.15, 0.2) is 5.82 Å². The zero-order chi connectivity index (χ0) is 21.1. The lowest BCUT2D eigenvalue weighted by molar-refractivity contribution is -0.117. The molecule has 6 nitrogen and oxygen atoms in total. The molecule has 1 aromatic carbocycles. The fourth-order valence-electron chi connectivity index (χ4n) is 3.05. The van der Waals surface area contributed by atoms with Gasteiger partial charge in [-0.05, 0) is 42.9 Å². The van der Waals surface area contributed by atoms with Crippen molar-refractivity contribution >= 4 is 17.6 Å². The van der Waals surface area contributed by atoms with Crippen LogP contribution in [0.2, 0.25) is 0 Å². The van der Waals surface area contributed by atoms with Crippen LogP contribution in [0.1, 0.15) is 68.8 Å². The molecule has 0 unspecified atom stereocenters. The highest BCUT2D eigenvalue weighted by atomic mass is 16.5. The molecule has 2 amide bonds. The topological polar surface area (TPSA) is 75.4 Å². The summed E-state index contributed by atoms with van der Waals surface area (Å²) in [7, 11) is 0. The zero-order valence-corrected chi connectivity index (χ0v) is 17.8. The number of carbonyl (C=O) groups is 2. The normalized spacial score (nSPS) is 10.9. The second-order valence-electron chi connectivity index (χ2n) is 7.85. The number of aromatic nitrogens is 1. The molecule has 2 aromatic rings. The second-order valence-corrected chi connectivity index (χ2v) is 7.85. The summed E-state index contributed by atoms with van der Waals surface area (Å²) < 4.78 is 4.72. The first-order valence-electron chi connectivity index (χ1n) is 10.6. The Kier molecular flexibility index (Phi) is 9.41. The van der Waals surface area contributed by atoms with E-state index < -0.39 is 0 Å². The molecular formula is C23H33N3O3. The lowest BCUT2D eigenvalue weighted by Gasteiger charge is -2.23.